The van der Waals surface area contributed by atoms with E-state index in [0.717, 1.165) is 35.5 Å². The lowest BCUT2D eigenvalue weighted by Crippen LogP contribution is -2.41. The van der Waals surface area contributed by atoms with Gasteiger partial charge in [-0.05, 0) is 37.1 Å². The molecule has 1 atom stereocenters. The number of anilines is 2. The van der Waals surface area contributed by atoms with Crippen LogP contribution in [0.15, 0.2) is 24.3 Å². The highest BCUT2D eigenvalue weighted by Crippen LogP contribution is 2.28. The van der Waals surface area contributed by atoms with Gasteiger partial charge < -0.3 is 21.1 Å². The molecule has 2 amide bonds. The van der Waals surface area contributed by atoms with Gasteiger partial charge in [-0.1, -0.05) is 0 Å². The van der Waals surface area contributed by atoms with Crippen LogP contribution in [0.4, 0.5) is 28.8 Å². The van der Waals surface area contributed by atoms with Crippen molar-refractivity contribution in [2.24, 2.45) is 0 Å². The van der Waals surface area contributed by atoms with E-state index < -0.39 is 12.4 Å². The molecular formula is C15H15F3N4O2S. The topological polar surface area (TPSA) is 89.3 Å². The number of aryl methyl sites for hydroxylation is 1. The molecule has 1 aliphatic carbocycles. The van der Waals surface area contributed by atoms with Crippen molar-refractivity contribution in [1.29, 1.82) is 0 Å². The molecule has 0 radical (unpaired) electrons. The number of fused-ring (bicyclic) bond motifs is 1. The number of urea groups is 1. The molecule has 1 aromatic carbocycles. The highest BCUT2D eigenvalue weighted by atomic mass is 32.1. The Morgan fingerprint density at radius 3 is 2.72 bits per heavy atom. The van der Waals surface area contributed by atoms with E-state index in [1.54, 1.807) is 0 Å². The van der Waals surface area contributed by atoms with Crippen molar-refractivity contribution in [3.63, 3.8) is 0 Å². The lowest BCUT2D eigenvalue weighted by atomic mass is 9.98. The highest BCUT2D eigenvalue weighted by Gasteiger charge is 2.31. The van der Waals surface area contributed by atoms with Crippen molar-refractivity contribution < 1.29 is 22.7 Å². The summed E-state index contributed by atoms with van der Waals surface area (Å²) in [6, 6.07) is 4.48. The van der Waals surface area contributed by atoms with Gasteiger partial charge in [0.2, 0.25) is 0 Å². The molecule has 1 aliphatic rings. The second-order valence-electron chi connectivity index (χ2n) is 5.53. The van der Waals surface area contributed by atoms with E-state index in [4.69, 9.17) is 5.73 Å². The second kappa shape index (κ2) is 6.79. The van der Waals surface area contributed by atoms with E-state index in [0.29, 0.717) is 17.2 Å². The molecule has 0 fully saturated rings. The third kappa shape index (κ3) is 4.75. The average molecular weight is 372 g/mol. The van der Waals surface area contributed by atoms with E-state index >= 15 is 0 Å². The number of rotatable bonds is 3. The summed E-state index contributed by atoms with van der Waals surface area (Å²) in [5.74, 6) is -0.346. The van der Waals surface area contributed by atoms with Gasteiger partial charge in [-0.25, -0.2) is 9.78 Å². The van der Waals surface area contributed by atoms with Crippen molar-refractivity contribution >= 4 is 28.2 Å². The number of nitrogen functional groups attached to an aromatic ring is 1. The van der Waals surface area contributed by atoms with Gasteiger partial charge in [-0.2, -0.15) is 0 Å². The third-order valence-corrected chi connectivity index (χ3v) is 4.59. The summed E-state index contributed by atoms with van der Waals surface area (Å²) in [5, 5.41) is 5.96. The predicted octanol–water partition coefficient (Wildman–Crippen LogP) is 3.30. The Labute approximate surface area is 145 Å². The minimum Gasteiger partial charge on any atom is -0.406 e. The van der Waals surface area contributed by atoms with Crippen LogP contribution in [0.5, 0.6) is 5.75 Å². The third-order valence-electron chi connectivity index (χ3n) is 3.64. The Morgan fingerprint density at radius 1 is 1.32 bits per heavy atom. The van der Waals surface area contributed by atoms with Gasteiger partial charge in [-0.15, -0.1) is 24.5 Å². The standard InChI is InChI=1S/C15H15F3N4O2S/c16-15(17,18)24-10-4-1-8(2-5-10)20-14(23)21-9-3-6-11-12(7-9)25-13(19)22-11/h1-2,4-5,9H,3,6-7H2,(H2,19,22)(H2,20,21,23). The zero-order valence-electron chi connectivity index (χ0n) is 12.9. The molecule has 1 unspecified atom stereocenters. The first-order chi connectivity index (χ1) is 11.8. The molecule has 1 aromatic heterocycles. The monoisotopic (exact) mass is 372 g/mol. The quantitative estimate of drug-likeness (QED) is 0.771. The van der Waals surface area contributed by atoms with Gasteiger partial charge in [0.05, 0.1) is 5.69 Å². The zero-order valence-corrected chi connectivity index (χ0v) is 13.7. The second-order valence-corrected chi connectivity index (χ2v) is 6.65. The smallest absolute Gasteiger partial charge is 0.406 e. The lowest BCUT2D eigenvalue weighted by Gasteiger charge is -2.22. The number of nitrogens with zero attached hydrogens (tertiary/aromatic N) is 1. The van der Waals surface area contributed by atoms with Gasteiger partial charge >= 0.3 is 12.4 Å². The van der Waals surface area contributed by atoms with Crippen LogP contribution in [0.3, 0.4) is 0 Å². The summed E-state index contributed by atoms with van der Waals surface area (Å²) in [7, 11) is 0. The van der Waals surface area contributed by atoms with Gasteiger partial charge in [-0.3, -0.25) is 0 Å². The van der Waals surface area contributed by atoms with E-state index in [9.17, 15) is 18.0 Å². The lowest BCUT2D eigenvalue weighted by molar-refractivity contribution is -0.274. The van der Waals surface area contributed by atoms with Gasteiger partial charge in [0.25, 0.3) is 0 Å². The zero-order chi connectivity index (χ0) is 18.0. The molecule has 0 aliphatic heterocycles. The van der Waals surface area contributed by atoms with Crippen LogP contribution in [0.1, 0.15) is 17.0 Å². The summed E-state index contributed by atoms with van der Waals surface area (Å²) in [5.41, 5.74) is 7.04. The van der Waals surface area contributed by atoms with Crippen molar-refractivity contribution in [1.82, 2.24) is 10.3 Å². The molecule has 0 saturated heterocycles. The summed E-state index contributed by atoms with van der Waals surface area (Å²) in [6.07, 6.45) is -2.58. The molecule has 0 saturated carbocycles. The number of ether oxygens (including phenoxy) is 1. The summed E-state index contributed by atoms with van der Waals surface area (Å²) in [6.45, 7) is 0. The van der Waals surface area contributed by atoms with E-state index in [1.807, 2.05) is 0 Å². The Hall–Kier alpha value is -2.49. The van der Waals surface area contributed by atoms with Crippen LogP contribution >= 0.6 is 11.3 Å². The Morgan fingerprint density at radius 2 is 2.04 bits per heavy atom. The first-order valence-corrected chi connectivity index (χ1v) is 8.27. The van der Waals surface area contributed by atoms with Crippen molar-refractivity contribution in [3.05, 3.63) is 34.8 Å². The average Bonchev–Trinajstić information content (AvgIpc) is 2.87. The van der Waals surface area contributed by atoms with E-state index in [-0.39, 0.29) is 11.8 Å². The van der Waals surface area contributed by atoms with Gasteiger partial charge in [0, 0.05) is 23.0 Å². The number of amides is 2. The fraction of sp³-hybridized carbons (Fsp3) is 0.333. The molecule has 3 rings (SSSR count). The molecule has 25 heavy (non-hydrogen) atoms. The number of hydrogen-bond acceptors (Lipinski definition) is 5. The van der Waals surface area contributed by atoms with Crippen LogP contribution in [0.2, 0.25) is 0 Å². The number of benzene rings is 1. The van der Waals surface area contributed by atoms with Crippen LogP contribution in [0, 0.1) is 0 Å². The maximum absolute atomic E-state index is 12.1. The number of carbonyl (C=O) groups excluding carboxylic acids is 1. The molecule has 2 aromatic rings. The molecular weight excluding hydrogens is 357 g/mol. The predicted molar refractivity (Wildman–Crippen MR) is 87.6 cm³/mol. The van der Waals surface area contributed by atoms with Gasteiger partial charge in [0.15, 0.2) is 5.13 Å². The molecule has 0 bridgehead atoms. The largest absolute Gasteiger partial charge is 0.573 e. The number of halogens is 3. The van der Waals surface area contributed by atoms with Crippen molar-refractivity contribution in [2.45, 2.75) is 31.7 Å². The SMILES string of the molecule is Nc1nc2c(s1)CC(NC(=O)Nc1ccc(OC(F)(F)F)cc1)CC2. The number of aromatic nitrogens is 1. The molecule has 0 spiro atoms. The van der Waals surface area contributed by atoms with E-state index in [1.165, 1.54) is 23.5 Å². The van der Waals surface area contributed by atoms with E-state index in [2.05, 4.69) is 20.4 Å². The highest BCUT2D eigenvalue weighted by molar-refractivity contribution is 7.15. The number of alkyl halides is 3. The molecule has 10 heteroatoms. The molecule has 134 valence electrons. The van der Waals surface area contributed by atoms with Crippen molar-refractivity contribution in [3.8, 4) is 5.75 Å². The van der Waals surface area contributed by atoms with Crippen LogP contribution < -0.4 is 21.1 Å². The van der Waals surface area contributed by atoms with Gasteiger partial charge in [0.1, 0.15) is 5.75 Å². The molecule has 4 N–H and O–H groups in total. The summed E-state index contributed by atoms with van der Waals surface area (Å²) in [4.78, 5) is 17.4. The molecule has 6 nitrogen and oxygen atoms in total. The first kappa shape index (κ1) is 17.3. The van der Waals surface area contributed by atoms with Crippen molar-refractivity contribution in [2.75, 3.05) is 11.1 Å². The maximum atomic E-state index is 12.1. The number of nitrogens with two attached hydrogens (primary N) is 1. The minimum absolute atomic E-state index is 0.0415. The molecule has 1 heterocycles. The first-order valence-electron chi connectivity index (χ1n) is 7.46. The Bertz CT molecular complexity index is 761. The fourth-order valence-corrected chi connectivity index (χ4v) is 3.57. The summed E-state index contributed by atoms with van der Waals surface area (Å²) < 4.78 is 40.1. The summed E-state index contributed by atoms with van der Waals surface area (Å²) >= 11 is 1.42. The number of carbonyl (C=O) groups is 1. The Balaban J connectivity index is 1.53. The number of hydrogen-bond donors (Lipinski definition) is 3. The Kier molecular flexibility index (Phi) is 4.71. The van der Waals surface area contributed by atoms with Crippen LogP contribution in [-0.2, 0) is 12.8 Å². The normalized spacial score (nSPS) is 16.8. The number of thiazole rings is 1. The minimum atomic E-state index is -4.74. The maximum Gasteiger partial charge on any atom is 0.573 e. The fourth-order valence-electron chi connectivity index (χ4n) is 2.61. The number of nitrogens with one attached hydrogen (secondary N) is 2. The van der Waals surface area contributed by atoms with Crippen LogP contribution in [-0.4, -0.2) is 23.4 Å². The van der Waals surface area contributed by atoms with Crippen LogP contribution in [0.25, 0.3) is 0 Å².